The van der Waals surface area contributed by atoms with Gasteiger partial charge >= 0.3 is 5.97 Å². The molecule has 1 rings (SSSR count). The van der Waals surface area contributed by atoms with Crippen LogP contribution in [0.2, 0.25) is 0 Å². The SMILES string of the molecule is CCCCCCC(=O)OC1CC(C)CCC1C(C)C. The van der Waals surface area contributed by atoms with Crippen LogP contribution in [0.1, 0.15) is 79.1 Å². The van der Waals surface area contributed by atoms with Gasteiger partial charge in [-0.15, -0.1) is 0 Å². The quantitative estimate of drug-likeness (QED) is 0.482. The van der Waals surface area contributed by atoms with E-state index in [0.717, 1.165) is 19.3 Å². The first-order valence-electron chi connectivity index (χ1n) is 8.24. The highest BCUT2D eigenvalue weighted by Crippen LogP contribution is 2.35. The first-order valence-corrected chi connectivity index (χ1v) is 8.24. The van der Waals surface area contributed by atoms with Crippen molar-refractivity contribution in [3.63, 3.8) is 0 Å². The molecule has 1 aliphatic carbocycles. The van der Waals surface area contributed by atoms with Crippen LogP contribution in [-0.2, 0) is 9.53 Å². The topological polar surface area (TPSA) is 26.3 Å². The third kappa shape index (κ3) is 5.97. The summed E-state index contributed by atoms with van der Waals surface area (Å²) in [7, 11) is 0. The van der Waals surface area contributed by atoms with Crippen LogP contribution in [0.3, 0.4) is 0 Å². The summed E-state index contributed by atoms with van der Waals surface area (Å²) in [6.45, 7) is 8.97. The number of carbonyl (C=O) groups is 1. The normalized spacial score (nSPS) is 27.5. The Morgan fingerprint density at radius 1 is 1.21 bits per heavy atom. The van der Waals surface area contributed by atoms with Crippen molar-refractivity contribution in [2.75, 3.05) is 0 Å². The third-order valence-corrected chi connectivity index (χ3v) is 4.48. The van der Waals surface area contributed by atoms with Crippen LogP contribution in [-0.4, -0.2) is 12.1 Å². The maximum Gasteiger partial charge on any atom is 0.306 e. The van der Waals surface area contributed by atoms with Crippen molar-refractivity contribution >= 4 is 5.97 Å². The minimum atomic E-state index is 0.0286. The molecule has 19 heavy (non-hydrogen) atoms. The van der Waals surface area contributed by atoms with Crippen molar-refractivity contribution in [1.29, 1.82) is 0 Å². The summed E-state index contributed by atoms with van der Waals surface area (Å²) >= 11 is 0. The zero-order chi connectivity index (χ0) is 14.3. The van der Waals surface area contributed by atoms with Crippen molar-refractivity contribution in [3.8, 4) is 0 Å². The molecule has 1 fully saturated rings. The Labute approximate surface area is 119 Å². The van der Waals surface area contributed by atoms with Crippen LogP contribution in [0, 0.1) is 17.8 Å². The molecule has 112 valence electrons. The number of carbonyl (C=O) groups excluding carboxylic acids is 1. The van der Waals surface area contributed by atoms with Gasteiger partial charge in [-0.1, -0.05) is 53.4 Å². The van der Waals surface area contributed by atoms with Crippen LogP contribution in [0.15, 0.2) is 0 Å². The second-order valence-electron chi connectivity index (χ2n) is 6.67. The standard InChI is InChI=1S/C17H32O2/c1-5-6-7-8-9-17(18)19-16-12-14(4)10-11-15(16)13(2)3/h13-16H,5-12H2,1-4H3. The van der Waals surface area contributed by atoms with E-state index in [-0.39, 0.29) is 12.1 Å². The van der Waals surface area contributed by atoms with E-state index in [1.165, 1.54) is 25.7 Å². The number of hydrogen-bond acceptors (Lipinski definition) is 2. The van der Waals surface area contributed by atoms with Crippen LogP contribution in [0.4, 0.5) is 0 Å². The lowest BCUT2D eigenvalue weighted by atomic mass is 9.75. The van der Waals surface area contributed by atoms with Crippen molar-refractivity contribution in [2.24, 2.45) is 17.8 Å². The van der Waals surface area contributed by atoms with Crippen molar-refractivity contribution in [1.82, 2.24) is 0 Å². The Morgan fingerprint density at radius 3 is 2.58 bits per heavy atom. The number of ether oxygens (including phenoxy) is 1. The monoisotopic (exact) mass is 268 g/mol. The predicted molar refractivity (Wildman–Crippen MR) is 80.0 cm³/mol. The molecule has 0 bridgehead atoms. The van der Waals surface area contributed by atoms with E-state index >= 15 is 0 Å². The molecule has 3 atom stereocenters. The fourth-order valence-corrected chi connectivity index (χ4v) is 3.17. The molecule has 1 aliphatic rings. The molecule has 0 heterocycles. The maximum atomic E-state index is 11.9. The van der Waals surface area contributed by atoms with Gasteiger partial charge in [-0.25, -0.2) is 0 Å². The molecule has 2 nitrogen and oxygen atoms in total. The fourth-order valence-electron chi connectivity index (χ4n) is 3.17. The van der Waals surface area contributed by atoms with Crippen LogP contribution in [0.5, 0.6) is 0 Å². The second-order valence-corrected chi connectivity index (χ2v) is 6.67. The van der Waals surface area contributed by atoms with Gasteiger partial charge in [-0.2, -0.15) is 0 Å². The summed E-state index contributed by atoms with van der Waals surface area (Å²) in [5.41, 5.74) is 0. The molecule has 0 saturated heterocycles. The van der Waals surface area contributed by atoms with E-state index in [0.29, 0.717) is 24.2 Å². The van der Waals surface area contributed by atoms with E-state index in [1.807, 2.05) is 0 Å². The summed E-state index contributed by atoms with van der Waals surface area (Å²) in [6.07, 6.45) is 8.91. The average Bonchev–Trinajstić information content (AvgIpc) is 2.34. The van der Waals surface area contributed by atoms with Gasteiger partial charge in [0.15, 0.2) is 0 Å². The summed E-state index contributed by atoms with van der Waals surface area (Å²) in [5, 5.41) is 0. The van der Waals surface area contributed by atoms with E-state index in [2.05, 4.69) is 27.7 Å². The zero-order valence-corrected chi connectivity index (χ0v) is 13.3. The molecule has 0 aromatic heterocycles. The molecule has 0 aromatic carbocycles. The Balaban J connectivity index is 2.36. The minimum Gasteiger partial charge on any atom is -0.462 e. The zero-order valence-electron chi connectivity index (χ0n) is 13.3. The van der Waals surface area contributed by atoms with E-state index in [9.17, 15) is 4.79 Å². The number of esters is 1. The molecule has 0 aliphatic heterocycles. The number of rotatable bonds is 7. The van der Waals surface area contributed by atoms with Crippen molar-refractivity contribution in [2.45, 2.75) is 85.2 Å². The fraction of sp³-hybridized carbons (Fsp3) is 0.941. The molecular formula is C17H32O2. The highest BCUT2D eigenvalue weighted by molar-refractivity contribution is 5.69. The van der Waals surface area contributed by atoms with E-state index < -0.39 is 0 Å². The van der Waals surface area contributed by atoms with Gasteiger partial charge in [0, 0.05) is 6.42 Å². The van der Waals surface area contributed by atoms with Gasteiger partial charge in [0.25, 0.3) is 0 Å². The largest absolute Gasteiger partial charge is 0.462 e. The second kappa shape index (κ2) is 8.60. The van der Waals surface area contributed by atoms with Gasteiger partial charge in [-0.3, -0.25) is 4.79 Å². The highest BCUT2D eigenvalue weighted by atomic mass is 16.5. The molecule has 0 spiro atoms. The molecule has 0 amide bonds. The Hall–Kier alpha value is -0.530. The highest BCUT2D eigenvalue weighted by Gasteiger charge is 2.33. The van der Waals surface area contributed by atoms with Crippen molar-refractivity contribution in [3.05, 3.63) is 0 Å². The lowest BCUT2D eigenvalue weighted by molar-refractivity contribution is -0.156. The van der Waals surface area contributed by atoms with Crippen LogP contribution < -0.4 is 0 Å². The van der Waals surface area contributed by atoms with Crippen molar-refractivity contribution < 1.29 is 9.53 Å². The number of hydrogen-bond donors (Lipinski definition) is 0. The molecule has 1 saturated carbocycles. The molecular weight excluding hydrogens is 236 g/mol. The first kappa shape index (κ1) is 16.5. The van der Waals surface area contributed by atoms with Gasteiger partial charge in [0.05, 0.1) is 0 Å². The smallest absolute Gasteiger partial charge is 0.306 e. The van der Waals surface area contributed by atoms with E-state index in [1.54, 1.807) is 0 Å². The van der Waals surface area contributed by atoms with Gasteiger partial charge < -0.3 is 4.74 Å². The summed E-state index contributed by atoms with van der Waals surface area (Å²) in [4.78, 5) is 11.9. The third-order valence-electron chi connectivity index (χ3n) is 4.48. The van der Waals surface area contributed by atoms with Crippen LogP contribution >= 0.6 is 0 Å². The Kier molecular flexibility index (Phi) is 7.48. The Morgan fingerprint density at radius 2 is 1.95 bits per heavy atom. The average molecular weight is 268 g/mol. The van der Waals surface area contributed by atoms with Gasteiger partial charge in [0.2, 0.25) is 0 Å². The lowest BCUT2D eigenvalue weighted by Gasteiger charge is -2.36. The summed E-state index contributed by atoms with van der Waals surface area (Å²) in [6, 6.07) is 0. The number of unbranched alkanes of at least 4 members (excludes halogenated alkanes) is 3. The molecule has 3 unspecified atom stereocenters. The minimum absolute atomic E-state index is 0.0286. The van der Waals surface area contributed by atoms with Gasteiger partial charge in [-0.05, 0) is 37.0 Å². The molecule has 0 aromatic rings. The Bertz CT molecular complexity index is 260. The first-order chi connectivity index (χ1) is 9.04. The van der Waals surface area contributed by atoms with Gasteiger partial charge in [0.1, 0.15) is 6.10 Å². The maximum absolute atomic E-state index is 11.9. The predicted octanol–water partition coefficient (Wildman–Crippen LogP) is 4.96. The molecule has 0 radical (unpaired) electrons. The molecule has 0 N–H and O–H groups in total. The van der Waals surface area contributed by atoms with Crippen LogP contribution in [0.25, 0.3) is 0 Å². The van der Waals surface area contributed by atoms with E-state index in [4.69, 9.17) is 4.74 Å². The summed E-state index contributed by atoms with van der Waals surface area (Å²) in [5.74, 6) is 1.91. The summed E-state index contributed by atoms with van der Waals surface area (Å²) < 4.78 is 5.78. The molecule has 2 heteroatoms. The lowest BCUT2D eigenvalue weighted by Crippen LogP contribution is -2.35.